The van der Waals surface area contributed by atoms with E-state index in [1.54, 1.807) is 11.8 Å². The highest BCUT2D eigenvalue weighted by molar-refractivity contribution is 7.90. The molecule has 1 unspecified atom stereocenters. The number of amides is 1. The molecule has 3 rings (SSSR count). The van der Waals surface area contributed by atoms with Crippen LogP contribution in [0.5, 0.6) is 0 Å². The van der Waals surface area contributed by atoms with Crippen molar-refractivity contribution in [2.45, 2.75) is 51.2 Å². The number of fused-ring (bicyclic) bond motifs is 1. The molecule has 0 radical (unpaired) electrons. The van der Waals surface area contributed by atoms with Crippen LogP contribution in [0.15, 0.2) is 28.3 Å². The summed E-state index contributed by atoms with van der Waals surface area (Å²) in [5.74, 6) is -0.753. The summed E-state index contributed by atoms with van der Waals surface area (Å²) in [6, 6.07) is 0.153. The Bertz CT molecular complexity index is 778. The van der Waals surface area contributed by atoms with E-state index in [-0.39, 0.29) is 35.7 Å². The highest BCUT2D eigenvalue weighted by atomic mass is 32.2. The molecule has 0 aromatic carbocycles. The Morgan fingerprint density at radius 1 is 1.27 bits per heavy atom. The van der Waals surface area contributed by atoms with Crippen LogP contribution in [0.3, 0.4) is 0 Å². The zero-order valence-corrected chi connectivity index (χ0v) is 15.5. The minimum atomic E-state index is -3.44. The molecular weight excluding hydrogens is 358 g/mol. The number of nitrogens with zero attached hydrogens (tertiary/aromatic N) is 2. The smallest absolute Gasteiger partial charge is 0.340 e. The molecule has 0 bridgehead atoms. The highest BCUT2D eigenvalue weighted by Gasteiger charge is 2.27. The van der Waals surface area contributed by atoms with E-state index >= 15 is 0 Å². The van der Waals surface area contributed by atoms with Crippen LogP contribution in [0.25, 0.3) is 0 Å². The fourth-order valence-corrected chi connectivity index (χ4v) is 4.14. The molecule has 0 aromatic rings. The summed E-state index contributed by atoms with van der Waals surface area (Å²) >= 11 is 0. The number of sulfonamides is 1. The van der Waals surface area contributed by atoms with Gasteiger partial charge < -0.3 is 15.0 Å². The Balaban J connectivity index is 1.57. The molecule has 2 aliphatic heterocycles. The maximum Gasteiger partial charge on any atom is 0.340 e. The first kappa shape index (κ1) is 18.6. The summed E-state index contributed by atoms with van der Waals surface area (Å²) in [6.45, 7) is 1.77. The van der Waals surface area contributed by atoms with Gasteiger partial charge in [0, 0.05) is 18.8 Å². The first-order chi connectivity index (χ1) is 12.3. The van der Waals surface area contributed by atoms with Crippen molar-refractivity contribution in [3.8, 4) is 0 Å². The Morgan fingerprint density at radius 2 is 2.00 bits per heavy atom. The van der Waals surface area contributed by atoms with Gasteiger partial charge in [-0.25, -0.2) is 13.2 Å². The van der Waals surface area contributed by atoms with Crippen molar-refractivity contribution >= 4 is 27.7 Å². The number of hydrogen-bond donors (Lipinski definition) is 1. The molecule has 9 heteroatoms. The van der Waals surface area contributed by atoms with Crippen LogP contribution in [-0.4, -0.2) is 55.5 Å². The highest BCUT2D eigenvalue weighted by Crippen LogP contribution is 2.19. The van der Waals surface area contributed by atoms with E-state index < -0.39 is 22.1 Å². The number of carbonyl (C=O) groups excluding carboxylic acids is 2. The minimum Gasteiger partial charge on any atom is -0.449 e. The fraction of sp³-hybridized carbons (Fsp3) is 0.588. The summed E-state index contributed by atoms with van der Waals surface area (Å²) in [6.07, 6.45) is 8.83. The maximum absolute atomic E-state index is 12.3. The van der Waals surface area contributed by atoms with Gasteiger partial charge in [0.15, 0.2) is 6.10 Å². The van der Waals surface area contributed by atoms with Crippen molar-refractivity contribution < 1.29 is 22.7 Å². The summed E-state index contributed by atoms with van der Waals surface area (Å²) in [7, 11) is -3.44. The van der Waals surface area contributed by atoms with Gasteiger partial charge in [-0.05, 0) is 31.9 Å². The van der Waals surface area contributed by atoms with E-state index in [0.717, 1.165) is 25.7 Å². The van der Waals surface area contributed by atoms with Gasteiger partial charge in [0.05, 0.1) is 11.3 Å². The molecule has 0 spiro atoms. The quantitative estimate of drug-likeness (QED) is 0.724. The number of esters is 1. The molecule has 0 aromatic heterocycles. The first-order valence-corrected chi connectivity index (χ1v) is 10.5. The molecule has 1 amide bonds. The topological polar surface area (TPSA) is 105 Å². The van der Waals surface area contributed by atoms with Crippen molar-refractivity contribution in [1.82, 2.24) is 10.2 Å². The number of rotatable bonds is 4. The number of amidine groups is 1. The zero-order chi connectivity index (χ0) is 18.7. The second-order valence-electron chi connectivity index (χ2n) is 6.74. The van der Waals surface area contributed by atoms with Gasteiger partial charge in [-0.2, -0.15) is 0 Å². The Morgan fingerprint density at radius 3 is 2.73 bits per heavy atom. The van der Waals surface area contributed by atoms with Crippen LogP contribution in [-0.2, 0) is 24.3 Å². The second kappa shape index (κ2) is 7.61. The molecule has 2 heterocycles. The lowest BCUT2D eigenvalue weighted by atomic mass is 9.95. The monoisotopic (exact) mass is 381 g/mol. The molecular formula is C17H23N3O5S. The second-order valence-corrected chi connectivity index (χ2v) is 8.49. The molecule has 1 saturated carbocycles. The maximum atomic E-state index is 12.3. The normalized spacial score (nSPS) is 23.3. The van der Waals surface area contributed by atoms with Crippen molar-refractivity contribution in [3.05, 3.63) is 23.9 Å². The van der Waals surface area contributed by atoms with Gasteiger partial charge in [0.25, 0.3) is 15.9 Å². The first-order valence-electron chi connectivity index (χ1n) is 8.84. The van der Waals surface area contributed by atoms with Gasteiger partial charge in [-0.3, -0.25) is 4.79 Å². The summed E-state index contributed by atoms with van der Waals surface area (Å²) in [5, 5.41) is 2.93. The van der Waals surface area contributed by atoms with Crippen LogP contribution in [0, 0.1) is 0 Å². The van der Waals surface area contributed by atoms with Crippen molar-refractivity contribution in [2.75, 3.05) is 12.3 Å². The minimum absolute atomic E-state index is 0.108. The van der Waals surface area contributed by atoms with Crippen LogP contribution in [0.2, 0.25) is 0 Å². The average Bonchev–Trinajstić information content (AvgIpc) is 2.61. The summed E-state index contributed by atoms with van der Waals surface area (Å²) < 4.78 is 31.9. The standard InChI is InChI=1S/C17H23N3O5S/c1-12(16(21)18-14-5-3-2-4-6-14)25-17(22)13-7-8-15-19-26(23,24)10-9-20(15)11-13/h7-8,11-12,14H,2-6,9-10H2,1H3,(H,18,21). The van der Waals surface area contributed by atoms with E-state index in [4.69, 9.17) is 4.74 Å². The van der Waals surface area contributed by atoms with Gasteiger partial charge in [-0.1, -0.05) is 19.3 Å². The van der Waals surface area contributed by atoms with Crippen LogP contribution < -0.4 is 5.32 Å². The molecule has 1 atom stereocenters. The number of ether oxygens (including phenoxy) is 1. The van der Waals surface area contributed by atoms with Gasteiger partial charge in [-0.15, -0.1) is 4.40 Å². The van der Waals surface area contributed by atoms with E-state index in [0.29, 0.717) is 0 Å². The van der Waals surface area contributed by atoms with Crippen molar-refractivity contribution in [1.29, 1.82) is 0 Å². The van der Waals surface area contributed by atoms with Gasteiger partial charge >= 0.3 is 5.97 Å². The molecule has 1 aliphatic carbocycles. The third-order valence-electron chi connectivity index (χ3n) is 4.66. The average molecular weight is 381 g/mol. The number of hydrogen-bond acceptors (Lipinski definition) is 6. The Kier molecular flexibility index (Phi) is 5.45. The van der Waals surface area contributed by atoms with Crippen LogP contribution in [0.1, 0.15) is 39.0 Å². The lowest BCUT2D eigenvalue weighted by Gasteiger charge is -2.27. The van der Waals surface area contributed by atoms with Crippen LogP contribution >= 0.6 is 0 Å². The number of carbonyl (C=O) groups is 2. The fourth-order valence-electron chi connectivity index (χ4n) is 3.17. The van der Waals surface area contributed by atoms with E-state index in [2.05, 4.69) is 9.71 Å². The van der Waals surface area contributed by atoms with Crippen molar-refractivity contribution in [2.24, 2.45) is 4.40 Å². The zero-order valence-electron chi connectivity index (χ0n) is 14.7. The third-order valence-corrected chi connectivity index (χ3v) is 5.83. The molecule has 8 nitrogen and oxygen atoms in total. The Hall–Kier alpha value is -2.16. The van der Waals surface area contributed by atoms with Gasteiger partial charge in [0.1, 0.15) is 5.84 Å². The molecule has 1 fully saturated rings. The van der Waals surface area contributed by atoms with Crippen molar-refractivity contribution in [3.63, 3.8) is 0 Å². The third kappa shape index (κ3) is 4.51. The van der Waals surface area contributed by atoms with E-state index in [1.165, 1.54) is 24.8 Å². The summed E-state index contributed by atoms with van der Waals surface area (Å²) in [5.41, 5.74) is 0.251. The van der Waals surface area contributed by atoms with Crippen LogP contribution in [0.4, 0.5) is 0 Å². The number of nitrogens with one attached hydrogen (secondary N) is 1. The molecule has 0 saturated heterocycles. The predicted octanol–water partition coefficient (Wildman–Crippen LogP) is 0.865. The molecule has 26 heavy (non-hydrogen) atoms. The summed E-state index contributed by atoms with van der Waals surface area (Å²) in [4.78, 5) is 26.1. The molecule has 1 N–H and O–H groups in total. The lowest BCUT2D eigenvalue weighted by Crippen LogP contribution is -2.43. The SMILES string of the molecule is CC(OC(=O)C1=CN2CCS(=O)(=O)N=C2C=C1)C(=O)NC1CCCCC1. The van der Waals surface area contributed by atoms with Gasteiger partial charge in [0.2, 0.25) is 0 Å². The largest absolute Gasteiger partial charge is 0.449 e. The Labute approximate surface area is 153 Å². The molecule has 3 aliphatic rings. The lowest BCUT2D eigenvalue weighted by molar-refractivity contribution is -0.151. The van der Waals surface area contributed by atoms with E-state index in [1.807, 2.05) is 0 Å². The molecule has 142 valence electrons. The predicted molar refractivity (Wildman–Crippen MR) is 95.7 cm³/mol. The van der Waals surface area contributed by atoms with E-state index in [9.17, 15) is 18.0 Å².